The Hall–Kier alpha value is -3.29. The quantitative estimate of drug-likeness (QED) is 0.210. The molecule has 2 amide bonds. The molecule has 0 aromatic heterocycles. The molecule has 3 aromatic carbocycles. The summed E-state index contributed by atoms with van der Waals surface area (Å²) < 4.78 is 5.80. The van der Waals surface area contributed by atoms with E-state index in [-0.39, 0.29) is 18.2 Å². The number of hydrogen-bond donors (Lipinski definition) is 1. The van der Waals surface area contributed by atoms with Crippen LogP contribution in [0.25, 0.3) is 0 Å². The molecule has 4 rings (SSSR count). The maximum absolute atomic E-state index is 13.3. The van der Waals surface area contributed by atoms with Gasteiger partial charge in [0.1, 0.15) is 11.0 Å². The topological polar surface area (TPSA) is 71.0 Å². The largest absolute Gasteiger partial charge is 0.494 e. The van der Waals surface area contributed by atoms with Crippen LogP contribution in [0.1, 0.15) is 51.0 Å². The number of nitrogens with one attached hydrogen (secondary N) is 1. The molecular formula is C32H36ClN3O3S. The maximum Gasteiger partial charge on any atom is 0.238 e. The zero-order valence-corrected chi connectivity index (χ0v) is 24.4. The molecule has 1 atom stereocenters. The molecule has 1 fully saturated rings. The zero-order valence-electron chi connectivity index (χ0n) is 22.9. The summed E-state index contributed by atoms with van der Waals surface area (Å²) in [5.41, 5.74) is 2.52. The van der Waals surface area contributed by atoms with E-state index in [1.165, 1.54) is 30.2 Å². The van der Waals surface area contributed by atoms with Crippen molar-refractivity contribution in [1.29, 1.82) is 0 Å². The molecule has 1 unspecified atom stereocenters. The minimum atomic E-state index is -0.592. The normalized spacial score (nSPS) is 16.2. The Morgan fingerprint density at radius 2 is 1.82 bits per heavy atom. The third kappa shape index (κ3) is 9.14. The number of unbranched alkanes of at least 4 members (excludes halogenated alkanes) is 3. The number of anilines is 1. The van der Waals surface area contributed by atoms with Gasteiger partial charge in [-0.25, -0.2) is 4.99 Å². The summed E-state index contributed by atoms with van der Waals surface area (Å²) in [5, 5.41) is 3.44. The number of thioether (sulfide) groups is 1. The highest BCUT2D eigenvalue weighted by molar-refractivity contribution is 8.15. The summed E-state index contributed by atoms with van der Waals surface area (Å²) in [5.74, 6) is 0.438. The van der Waals surface area contributed by atoms with Gasteiger partial charge in [0.2, 0.25) is 11.8 Å². The molecule has 40 heavy (non-hydrogen) atoms. The maximum atomic E-state index is 13.3. The number of carbonyl (C=O) groups excluding carboxylic acids is 2. The van der Waals surface area contributed by atoms with Crippen LogP contribution in [-0.4, -0.2) is 40.3 Å². The van der Waals surface area contributed by atoms with E-state index in [0.29, 0.717) is 34.7 Å². The van der Waals surface area contributed by atoms with Crippen LogP contribution < -0.4 is 10.1 Å². The van der Waals surface area contributed by atoms with E-state index in [0.717, 1.165) is 31.4 Å². The van der Waals surface area contributed by atoms with Crippen molar-refractivity contribution in [3.05, 3.63) is 89.4 Å². The summed E-state index contributed by atoms with van der Waals surface area (Å²) in [4.78, 5) is 32.9. The highest BCUT2D eigenvalue weighted by Gasteiger charge is 2.35. The molecule has 1 saturated heterocycles. The van der Waals surface area contributed by atoms with Crippen LogP contribution in [-0.2, 0) is 16.0 Å². The average Bonchev–Trinajstić information content (AvgIpc) is 2.95. The van der Waals surface area contributed by atoms with Crippen molar-refractivity contribution in [1.82, 2.24) is 4.90 Å². The lowest BCUT2D eigenvalue weighted by atomic mass is 10.1. The Kier molecular flexibility index (Phi) is 11.5. The van der Waals surface area contributed by atoms with Crippen LogP contribution in [0.3, 0.4) is 0 Å². The SMILES string of the molecule is CCCCCCOc1ccc(NC(=O)C2CC(=O)N(CCCc3ccccc3)C(=Nc3cccc(Cl)c3)S2)cc1. The molecule has 1 aliphatic heterocycles. The average molecular weight is 578 g/mol. The van der Waals surface area contributed by atoms with E-state index < -0.39 is 5.25 Å². The number of halogens is 1. The first-order chi connectivity index (χ1) is 19.5. The van der Waals surface area contributed by atoms with Crippen LogP contribution in [0.5, 0.6) is 5.75 Å². The minimum absolute atomic E-state index is 0.107. The Labute approximate surface area is 246 Å². The Balaban J connectivity index is 1.40. The van der Waals surface area contributed by atoms with Gasteiger partial charge in [0.25, 0.3) is 0 Å². The number of amides is 2. The van der Waals surface area contributed by atoms with E-state index in [9.17, 15) is 9.59 Å². The van der Waals surface area contributed by atoms with Gasteiger partial charge in [-0.2, -0.15) is 0 Å². The Morgan fingerprint density at radius 3 is 2.58 bits per heavy atom. The number of aliphatic imine (C=N–C) groups is 1. The fourth-order valence-electron chi connectivity index (χ4n) is 4.38. The van der Waals surface area contributed by atoms with Crippen molar-refractivity contribution in [3.8, 4) is 5.75 Å². The molecule has 1 heterocycles. The van der Waals surface area contributed by atoms with Crippen molar-refractivity contribution < 1.29 is 14.3 Å². The standard InChI is InChI=1S/C32H36ClN3O3S/c1-2-3-4-8-21-39-28-18-16-26(17-19-28)34-31(38)29-23-30(37)36(20-10-13-24-11-6-5-7-12-24)32(40-29)35-27-15-9-14-25(33)22-27/h5-7,9,11-12,14-19,22,29H,2-4,8,10,13,20-21,23H2,1H3,(H,34,38). The second-order valence-electron chi connectivity index (χ2n) is 9.74. The zero-order chi connectivity index (χ0) is 28.2. The number of hydrogen-bond acceptors (Lipinski definition) is 5. The van der Waals surface area contributed by atoms with Gasteiger partial charge >= 0.3 is 0 Å². The molecule has 0 aliphatic carbocycles. The lowest BCUT2D eigenvalue weighted by molar-refractivity contribution is -0.129. The predicted molar refractivity (Wildman–Crippen MR) is 166 cm³/mol. The highest BCUT2D eigenvalue weighted by atomic mass is 35.5. The third-order valence-electron chi connectivity index (χ3n) is 6.54. The van der Waals surface area contributed by atoms with Gasteiger partial charge in [0, 0.05) is 23.7 Å². The van der Waals surface area contributed by atoms with Gasteiger partial charge in [-0.15, -0.1) is 0 Å². The molecule has 0 spiro atoms. The number of rotatable bonds is 13. The number of ether oxygens (including phenoxy) is 1. The Morgan fingerprint density at radius 1 is 1.02 bits per heavy atom. The van der Waals surface area contributed by atoms with Crippen molar-refractivity contribution in [2.75, 3.05) is 18.5 Å². The molecule has 0 bridgehead atoms. The van der Waals surface area contributed by atoms with E-state index in [1.54, 1.807) is 17.0 Å². The second kappa shape index (κ2) is 15.5. The van der Waals surface area contributed by atoms with Gasteiger partial charge in [-0.3, -0.25) is 14.5 Å². The smallest absolute Gasteiger partial charge is 0.238 e. The van der Waals surface area contributed by atoms with Crippen LogP contribution in [0.15, 0.2) is 83.9 Å². The molecule has 3 aromatic rings. The summed E-state index contributed by atoms with van der Waals surface area (Å²) >= 11 is 7.49. The number of amidine groups is 1. The minimum Gasteiger partial charge on any atom is -0.494 e. The van der Waals surface area contributed by atoms with Gasteiger partial charge in [-0.05, 0) is 67.3 Å². The van der Waals surface area contributed by atoms with E-state index >= 15 is 0 Å². The monoisotopic (exact) mass is 577 g/mol. The number of carbonyl (C=O) groups is 2. The van der Waals surface area contributed by atoms with Gasteiger partial charge in [0.05, 0.1) is 12.3 Å². The molecule has 210 valence electrons. The molecule has 0 saturated carbocycles. The molecule has 0 radical (unpaired) electrons. The van der Waals surface area contributed by atoms with Crippen molar-refractivity contribution in [3.63, 3.8) is 0 Å². The molecule has 8 heteroatoms. The Bertz CT molecular complexity index is 1280. The van der Waals surface area contributed by atoms with Crippen LogP contribution in [0, 0.1) is 0 Å². The van der Waals surface area contributed by atoms with Gasteiger partial charge in [-0.1, -0.05) is 85.9 Å². The highest BCUT2D eigenvalue weighted by Crippen LogP contribution is 2.31. The third-order valence-corrected chi connectivity index (χ3v) is 7.97. The van der Waals surface area contributed by atoms with Crippen molar-refractivity contribution >= 4 is 51.7 Å². The van der Waals surface area contributed by atoms with Gasteiger partial charge in [0.15, 0.2) is 5.17 Å². The summed E-state index contributed by atoms with van der Waals surface area (Å²) in [6.07, 6.45) is 6.34. The lowest BCUT2D eigenvalue weighted by Crippen LogP contribution is -2.45. The van der Waals surface area contributed by atoms with Gasteiger partial charge < -0.3 is 10.1 Å². The predicted octanol–water partition coefficient (Wildman–Crippen LogP) is 7.89. The van der Waals surface area contributed by atoms with Crippen molar-refractivity contribution in [2.24, 2.45) is 4.99 Å². The molecule has 6 nitrogen and oxygen atoms in total. The lowest BCUT2D eigenvalue weighted by Gasteiger charge is -2.32. The number of nitrogens with zero attached hydrogens (tertiary/aromatic N) is 2. The molecular weight excluding hydrogens is 542 g/mol. The van der Waals surface area contributed by atoms with E-state index in [2.05, 4.69) is 24.4 Å². The summed E-state index contributed by atoms with van der Waals surface area (Å²) in [6.45, 7) is 3.39. The first-order valence-corrected chi connectivity index (χ1v) is 15.2. The van der Waals surface area contributed by atoms with Crippen LogP contribution in [0.2, 0.25) is 5.02 Å². The number of aryl methyl sites for hydroxylation is 1. The second-order valence-corrected chi connectivity index (χ2v) is 11.3. The van der Waals surface area contributed by atoms with Crippen molar-refractivity contribution in [2.45, 2.75) is 57.1 Å². The van der Waals surface area contributed by atoms with E-state index in [4.69, 9.17) is 21.3 Å². The number of benzene rings is 3. The summed E-state index contributed by atoms with van der Waals surface area (Å²) in [7, 11) is 0. The fourth-order valence-corrected chi connectivity index (χ4v) is 5.69. The molecule has 1 aliphatic rings. The van der Waals surface area contributed by atoms with E-state index in [1.807, 2.05) is 54.6 Å². The van der Waals surface area contributed by atoms with Crippen LogP contribution in [0.4, 0.5) is 11.4 Å². The first kappa shape index (κ1) is 29.7. The first-order valence-electron chi connectivity index (χ1n) is 13.9. The fraction of sp³-hybridized carbons (Fsp3) is 0.344. The van der Waals surface area contributed by atoms with Crippen LogP contribution >= 0.6 is 23.4 Å². The summed E-state index contributed by atoms with van der Waals surface area (Å²) in [6, 6.07) is 24.7. The molecule has 1 N–H and O–H groups in total.